The molecule has 0 aliphatic carbocycles. The van der Waals surface area contributed by atoms with Crippen molar-refractivity contribution in [1.29, 1.82) is 0 Å². The van der Waals surface area contributed by atoms with Gasteiger partial charge < -0.3 is 5.32 Å². The van der Waals surface area contributed by atoms with Crippen LogP contribution in [0.5, 0.6) is 0 Å². The second-order valence-corrected chi connectivity index (χ2v) is 4.60. The summed E-state index contributed by atoms with van der Waals surface area (Å²) in [4.78, 5) is 0. The van der Waals surface area contributed by atoms with Gasteiger partial charge in [0.25, 0.3) is 0 Å². The topological polar surface area (TPSA) is 29.9 Å². The molecule has 0 fully saturated rings. The van der Waals surface area contributed by atoms with Crippen molar-refractivity contribution < 1.29 is 0 Å². The Kier molecular flexibility index (Phi) is 5.53. The SMILES string of the molecule is CCCn1nccc1CNC(C)C(C)CC. The third-order valence-electron chi connectivity index (χ3n) is 3.34. The molecule has 92 valence electrons. The Hall–Kier alpha value is -0.830. The summed E-state index contributed by atoms with van der Waals surface area (Å²) in [6, 6.07) is 2.67. The first-order valence-corrected chi connectivity index (χ1v) is 6.43. The van der Waals surface area contributed by atoms with Crippen molar-refractivity contribution in [3.8, 4) is 0 Å². The highest BCUT2D eigenvalue weighted by Crippen LogP contribution is 2.08. The molecular weight excluding hydrogens is 198 g/mol. The summed E-state index contributed by atoms with van der Waals surface area (Å²) in [5.74, 6) is 0.725. The largest absolute Gasteiger partial charge is 0.308 e. The van der Waals surface area contributed by atoms with Crippen LogP contribution < -0.4 is 5.32 Å². The maximum atomic E-state index is 4.33. The number of aromatic nitrogens is 2. The molecule has 1 rings (SSSR count). The Labute approximate surface area is 99.2 Å². The van der Waals surface area contributed by atoms with Gasteiger partial charge in [-0.3, -0.25) is 4.68 Å². The van der Waals surface area contributed by atoms with Crippen molar-refractivity contribution in [2.45, 2.75) is 59.7 Å². The fraction of sp³-hybridized carbons (Fsp3) is 0.769. The lowest BCUT2D eigenvalue weighted by Crippen LogP contribution is -2.32. The normalized spacial score (nSPS) is 15.0. The van der Waals surface area contributed by atoms with Crippen LogP contribution in [-0.2, 0) is 13.1 Å². The van der Waals surface area contributed by atoms with Crippen LogP contribution in [0.25, 0.3) is 0 Å². The van der Waals surface area contributed by atoms with E-state index >= 15 is 0 Å². The molecular formula is C13H25N3. The van der Waals surface area contributed by atoms with Crippen molar-refractivity contribution in [2.24, 2.45) is 5.92 Å². The lowest BCUT2D eigenvalue weighted by molar-refractivity contribution is 0.382. The van der Waals surface area contributed by atoms with Crippen LogP contribution in [0.1, 0.15) is 46.2 Å². The summed E-state index contributed by atoms with van der Waals surface area (Å²) in [5.41, 5.74) is 1.29. The van der Waals surface area contributed by atoms with E-state index in [2.05, 4.69) is 48.9 Å². The van der Waals surface area contributed by atoms with E-state index in [1.807, 2.05) is 6.20 Å². The first-order chi connectivity index (χ1) is 7.69. The summed E-state index contributed by atoms with van der Waals surface area (Å²) in [6.07, 6.45) is 4.25. The van der Waals surface area contributed by atoms with Gasteiger partial charge in [0.05, 0.1) is 5.69 Å². The molecule has 1 heterocycles. The van der Waals surface area contributed by atoms with Crippen molar-refractivity contribution in [2.75, 3.05) is 0 Å². The summed E-state index contributed by atoms with van der Waals surface area (Å²) >= 11 is 0. The zero-order chi connectivity index (χ0) is 12.0. The molecule has 1 N–H and O–H groups in total. The molecule has 3 heteroatoms. The minimum absolute atomic E-state index is 0.565. The second kappa shape index (κ2) is 6.69. The molecule has 0 radical (unpaired) electrons. The van der Waals surface area contributed by atoms with Gasteiger partial charge in [0.2, 0.25) is 0 Å². The molecule has 2 atom stereocenters. The van der Waals surface area contributed by atoms with E-state index in [1.54, 1.807) is 0 Å². The fourth-order valence-electron chi connectivity index (χ4n) is 1.74. The zero-order valence-corrected chi connectivity index (χ0v) is 11.0. The summed E-state index contributed by atoms with van der Waals surface area (Å²) < 4.78 is 2.09. The highest BCUT2D eigenvalue weighted by molar-refractivity contribution is 5.00. The van der Waals surface area contributed by atoms with E-state index < -0.39 is 0 Å². The molecule has 1 aromatic heterocycles. The van der Waals surface area contributed by atoms with Crippen LogP contribution in [0.3, 0.4) is 0 Å². The molecule has 0 spiro atoms. The van der Waals surface area contributed by atoms with E-state index in [1.165, 1.54) is 12.1 Å². The Morgan fingerprint density at radius 1 is 1.38 bits per heavy atom. The predicted octanol–water partition coefficient (Wildman–Crippen LogP) is 2.82. The molecule has 0 aliphatic rings. The molecule has 1 aromatic rings. The first-order valence-electron chi connectivity index (χ1n) is 6.43. The van der Waals surface area contributed by atoms with Gasteiger partial charge in [-0.1, -0.05) is 27.2 Å². The van der Waals surface area contributed by atoms with Crippen LogP contribution in [0.15, 0.2) is 12.3 Å². The van der Waals surface area contributed by atoms with Crippen LogP contribution in [0, 0.1) is 5.92 Å². The van der Waals surface area contributed by atoms with Crippen molar-refractivity contribution in [3.05, 3.63) is 18.0 Å². The maximum Gasteiger partial charge on any atom is 0.0522 e. The second-order valence-electron chi connectivity index (χ2n) is 4.60. The summed E-state index contributed by atoms with van der Waals surface area (Å²) in [7, 11) is 0. The molecule has 16 heavy (non-hydrogen) atoms. The van der Waals surface area contributed by atoms with Gasteiger partial charge in [-0.05, 0) is 25.3 Å². The highest BCUT2D eigenvalue weighted by atomic mass is 15.3. The van der Waals surface area contributed by atoms with Gasteiger partial charge in [-0.25, -0.2) is 0 Å². The minimum Gasteiger partial charge on any atom is -0.308 e. The Morgan fingerprint density at radius 3 is 2.75 bits per heavy atom. The van der Waals surface area contributed by atoms with Gasteiger partial charge >= 0.3 is 0 Å². The average molecular weight is 223 g/mol. The fourth-order valence-corrected chi connectivity index (χ4v) is 1.74. The monoisotopic (exact) mass is 223 g/mol. The van der Waals surface area contributed by atoms with Gasteiger partial charge in [-0.2, -0.15) is 5.10 Å². The number of rotatable bonds is 7. The van der Waals surface area contributed by atoms with E-state index in [9.17, 15) is 0 Å². The Balaban J connectivity index is 2.44. The molecule has 0 aromatic carbocycles. The number of nitrogens with zero attached hydrogens (tertiary/aromatic N) is 2. The van der Waals surface area contributed by atoms with Crippen molar-refractivity contribution in [3.63, 3.8) is 0 Å². The smallest absolute Gasteiger partial charge is 0.0522 e. The Morgan fingerprint density at radius 2 is 2.12 bits per heavy atom. The number of hydrogen-bond donors (Lipinski definition) is 1. The summed E-state index contributed by atoms with van der Waals surface area (Å²) in [6.45, 7) is 10.9. The van der Waals surface area contributed by atoms with Crippen molar-refractivity contribution in [1.82, 2.24) is 15.1 Å². The van der Waals surface area contributed by atoms with Gasteiger partial charge in [-0.15, -0.1) is 0 Å². The van der Waals surface area contributed by atoms with Crippen molar-refractivity contribution >= 4 is 0 Å². The Bertz CT molecular complexity index is 293. The maximum absolute atomic E-state index is 4.33. The summed E-state index contributed by atoms with van der Waals surface area (Å²) in [5, 5.41) is 7.90. The minimum atomic E-state index is 0.565. The lowest BCUT2D eigenvalue weighted by Gasteiger charge is -2.20. The number of nitrogens with one attached hydrogen (secondary N) is 1. The molecule has 0 amide bonds. The van der Waals surface area contributed by atoms with Crippen LogP contribution in [0.4, 0.5) is 0 Å². The third kappa shape index (κ3) is 3.63. The first kappa shape index (κ1) is 13.2. The van der Waals surface area contributed by atoms with Crippen LogP contribution in [-0.4, -0.2) is 15.8 Å². The van der Waals surface area contributed by atoms with Gasteiger partial charge in [0.1, 0.15) is 0 Å². The molecule has 2 unspecified atom stereocenters. The predicted molar refractivity (Wildman–Crippen MR) is 68.3 cm³/mol. The number of aryl methyl sites for hydroxylation is 1. The molecule has 0 saturated carbocycles. The van der Waals surface area contributed by atoms with Gasteiger partial charge in [0.15, 0.2) is 0 Å². The molecule has 0 bridgehead atoms. The van der Waals surface area contributed by atoms with Crippen LogP contribution >= 0.6 is 0 Å². The van der Waals surface area contributed by atoms with E-state index in [4.69, 9.17) is 0 Å². The van der Waals surface area contributed by atoms with E-state index in [-0.39, 0.29) is 0 Å². The van der Waals surface area contributed by atoms with E-state index in [0.29, 0.717) is 6.04 Å². The van der Waals surface area contributed by atoms with Gasteiger partial charge in [0, 0.05) is 25.3 Å². The quantitative estimate of drug-likeness (QED) is 0.770. The third-order valence-corrected chi connectivity index (χ3v) is 3.34. The lowest BCUT2D eigenvalue weighted by atomic mass is 10.0. The average Bonchev–Trinajstić information content (AvgIpc) is 2.73. The number of hydrogen-bond acceptors (Lipinski definition) is 2. The molecule has 0 saturated heterocycles. The van der Waals surface area contributed by atoms with Crippen LogP contribution in [0.2, 0.25) is 0 Å². The zero-order valence-electron chi connectivity index (χ0n) is 11.0. The van der Waals surface area contributed by atoms with E-state index in [0.717, 1.165) is 25.4 Å². The highest BCUT2D eigenvalue weighted by Gasteiger charge is 2.10. The molecule has 0 aliphatic heterocycles. The molecule has 3 nitrogen and oxygen atoms in total. The standard InChI is InChI=1S/C13H25N3/c1-5-9-16-13(7-8-15-16)10-14-12(4)11(3)6-2/h7-8,11-12,14H,5-6,9-10H2,1-4H3.